The molecule has 0 aliphatic rings. The van der Waals surface area contributed by atoms with E-state index in [1.807, 2.05) is 0 Å². The second-order valence-electron chi connectivity index (χ2n) is 4.24. The van der Waals surface area contributed by atoms with Crippen molar-refractivity contribution < 1.29 is 19.1 Å². The molecule has 0 atom stereocenters. The summed E-state index contributed by atoms with van der Waals surface area (Å²) in [5.41, 5.74) is 0.420. The van der Waals surface area contributed by atoms with Crippen LogP contribution < -0.4 is 4.90 Å². The van der Waals surface area contributed by atoms with Gasteiger partial charge < -0.3 is 10.0 Å². The topological polar surface area (TPSA) is 70.5 Å². The van der Waals surface area contributed by atoms with E-state index >= 15 is 0 Å². The van der Waals surface area contributed by atoms with Crippen molar-refractivity contribution in [3.05, 3.63) is 45.3 Å². The third-order valence-electron chi connectivity index (χ3n) is 2.83. The first-order valence-electron chi connectivity index (χ1n) is 5.75. The second-order valence-corrected chi connectivity index (χ2v) is 5.85. The van der Waals surface area contributed by atoms with E-state index in [9.17, 15) is 19.1 Å². The van der Waals surface area contributed by atoms with Crippen LogP contribution in [0.25, 0.3) is 0 Å². The van der Waals surface area contributed by atoms with E-state index in [2.05, 4.69) is 20.3 Å². The van der Waals surface area contributed by atoms with Gasteiger partial charge in [0.2, 0.25) is 0 Å². The second kappa shape index (κ2) is 5.90. The van der Waals surface area contributed by atoms with E-state index in [0.717, 1.165) is 22.5 Å². The smallest absolute Gasteiger partial charge is 0.340 e. The van der Waals surface area contributed by atoms with Crippen LogP contribution in [-0.2, 0) is 0 Å². The summed E-state index contributed by atoms with van der Waals surface area (Å²) in [4.78, 5) is 24.8. The number of carbonyl (C=O) groups excluding carboxylic acids is 1. The van der Waals surface area contributed by atoms with Gasteiger partial charge in [-0.1, -0.05) is 0 Å². The van der Waals surface area contributed by atoms with Gasteiger partial charge in [0, 0.05) is 11.5 Å². The number of aromatic carboxylic acids is 1. The molecule has 1 heterocycles. The number of hydrogen-bond donors (Lipinski definition) is 1. The maximum absolute atomic E-state index is 13.3. The minimum Gasteiger partial charge on any atom is -0.478 e. The fourth-order valence-corrected chi connectivity index (χ4v) is 3.03. The lowest BCUT2D eigenvalue weighted by molar-refractivity contribution is 0.0697. The summed E-state index contributed by atoms with van der Waals surface area (Å²) in [7, 11) is 1.43. The van der Waals surface area contributed by atoms with Crippen LogP contribution in [0.3, 0.4) is 0 Å². The summed E-state index contributed by atoms with van der Waals surface area (Å²) in [5.74, 6) is -2.23. The fourth-order valence-electron chi connectivity index (χ4n) is 1.77. The molecule has 0 radical (unpaired) electrons. The number of nitrogens with zero attached hydrogens (tertiary/aromatic N) is 2. The van der Waals surface area contributed by atoms with Crippen LogP contribution in [0.2, 0.25) is 0 Å². The number of anilines is 1. The third kappa shape index (κ3) is 2.96. The summed E-state index contributed by atoms with van der Waals surface area (Å²) in [6, 6.07) is 3.74. The number of amides is 1. The Bertz CT molecular complexity index is 732. The number of rotatable bonds is 3. The molecule has 0 saturated heterocycles. The lowest BCUT2D eigenvalue weighted by atomic mass is 10.2. The molecule has 5 nitrogen and oxygen atoms in total. The molecule has 21 heavy (non-hydrogen) atoms. The summed E-state index contributed by atoms with van der Waals surface area (Å²) in [6.45, 7) is 1.56. The van der Waals surface area contributed by atoms with E-state index in [1.54, 1.807) is 6.92 Å². The van der Waals surface area contributed by atoms with Gasteiger partial charge >= 0.3 is 5.97 Å². The first-order chi connectivity index (χ1) is 9.82. The zero-order valence-electron chi connectivity index (χ0n) is 11.1. The van der Waals surface area contributed by atoms with E-state index in [1.165, 1.54) is 19.2 Å². The number of aryl methyl sites for hydroxylation is 1. The minimum absolute atomic E-state index is 0.0247. The highest BCUT2D eigenvalue weighted by Crippen LogP contribution is 2.30. The molecule has 0 bridgehead atoms. The van der Waals surface area contributed by atoms with Crippen LogP contribution in [-0.4, -0.2) is 28.4 Å². The molecule has 0 fully saturated rings. The minimum atomic E-state index is -1.16. The molecule has 0 saturated carbocycles. The molecule has 1 aromatic carbocycles. The SMILES string of the molecule is Cc1nsc(N(C)C(=O)c2cc(F)ccc2Br)c1C(=O)O. The lowest BCUT2D eigenvalue weighted by Gasteiger charge is -2.16. The highest BCUT2D eigenvalue weighted by atomic mass is 79.9. The summed E-state index contributed by atoms with van der Waals surface area (Å²) in [5, 5.41) is 9.40. The summed E-state index contributed by atoms with van der Waals surface area (Å²) < 4.78 is 17.7. The number of carboxylic acid groups (broad SMARTS) is 1. The quantitative estimate of drug-likeness (QED) is 0.896. The number of benzene rings is 1. The Labute approximate surface area is 132 Å². The molecule has 110 valence electrons. The molecule has 1 amide bonds. The Hall–Kier alpha value is -1.80. The van der Waals surface area contributed by atoms with Crippen molar-refractivity contribution in [3.8, 4) is 0 Å². The van der Waals surface area contributed by atoms with E-state index in [0.29, 0.717) is 10.2 Å². The highest BCUT2D eigenvalue weighted by molar-refractivity contribution is 9.10. The van der Waals surface area contributed by atoms with Gasteiger partial charge in [-0.2, -0.15) is 4.37 Å². The van der Waals surface area contributed by atoms with Crippen LogP contribution in [0.15, 0.2) is 22.7 Å². The highest BCUT2D eigenvalue weighted by Gasteiger charge is 2.25. The van der Waals surface area contributed by atoms with E-state index < -0.39 is 17.7 Å². The van der Waals surface area contributed by atoms with Crippen LogP contribution >= 0.6 is 27.5 Å². The number of halogens is 2. The number of hydrogen-bond acceptors (Lipinski definition) is 4. The molecule has 8 heteroatoms. The zero-order chi connectivity index (χ0) is 15.7. The first kappa shape index (κ1) is 15.6. The van der Waals surface area contributed by atoms with Crippen LogP contribution in [0.5, 0.6) is 0 Å². The molecular weight excluding hydrogens is 363 g/mol. The van der Waals surface area contributed by atoms with Crippen molar-refractivity contribution >= 4 is 44.3 Å². The number of carbonyl (C=O) groups is 2. The Morgan fingerprint density at radius 3 is 2.71 bits per heavy atom. The van der Waals surface area contributed by atoms with Gasteiger partial charge in [0.05, 0.1) is 11.3 Å². The Kier molecular flexibility index (Phi) is 4.38. The number of carboxylic acids is 1. The maximum atomic E-state index is 13.3. The molecule has 1 N–H and O–H groups in total. The Morgan fingerprint density at radius 2 is 2.10 bits per heavy atom. The van der Waals surface area contributed by atoms with Crippen LogP contribution in [0.4, 0.5) is 9.39 Å². The molecule has 0 aliphatic heterocycles. The summed E-state index contributed by atoms with van der Waals surface area (Å²) >= 11 is 4.09. The van der Waals surface area contributed by atoms with Crippen molar-refractivity contribution in [1.29, 1.82) is 0 Å². The predicted molar refractivity (Wildman–Crippen MR) is 80.6 cm³/mol. The molecule has 1 aromatic heterocycles. The normalized spacial score (nSPS) is 10.5. The monoisotopic (exact) mass is 372 g/mol. The largest absolute Gasteiger partial charge is 0.478 e. The van der Waals surface area contributed by atoms with Crippen molar-refractivity contribution in [3.63, 3.8) is 0 Å². The third-order valence-corrected chi connectivity index (χ3v) is 4.53. The van der Waals surface area contributed by atoms with Gasteiger partial charge in [-0.25, -0.2) is 9.18 Å². The van der Waals surface area contributed by atoms with Gasteiger partial charge in [-0.05, 0) is 52.6 Å². The maximum Gasteiger partial charge on any atom is 0.340 e. The molecule has 0 unspecified atom stereocenters. The lowest BCUT2D eigenvalue weighted by Crippen LogP contribution is -2.27. The van der Waals surface area contributed by atoms with Gasteiger partial charge in [-0.15, -0.1) is 0 Å². The predicted octanol–water partition coefficient (Wildman–Crippen LogP) is 3.33. The number of aromatic nitrogens is 1. The summed E-state index contributed by atoms with van der Waals surface area (Å²) in [6.07, 6.45) is 0. The van der Waals surface area contributed by atoms with Crippen molar-refractivity contribution in [2.75, 3.05) is 11.9 Å². The average molecular weight is 373 g/mol. The molecule has 0 spiro atoms. The van der Waals surface area contributed by atoms with E-state index in [4.69, 9.17) is 0 Å². The van der Waals surface area contributed by atoms with Crippen molar-refractivity contribution in [2.45, 2.75) is 6.92 Å². The molecule has 2 rings (SSSR count). The standard InChI is InChI=1S/C13H10BrFN2O3S/c1-6-10(13(19)20)12(21-16-6)17(2)11(18)8-5-7(15)3-4-9(8)14/h3-5H,1-2H3,(H,19,20). The Balaban J connectivity index is 2.45. The van der Waals surface area contributed by atoms with Gasteiger partial charge in [0.1, 0.15) is 16.4 Å². The average Bonchev–Trinajstić information content (AvgIpc) is 2.81. The molecular formula is C13H10BrFN2O3S. The zero-order valence-corrected chi connectivity index (χ0v) is 13.5. The Morgan fingerprint density at radius 1 is 1.43 bits per heavy atom. The van der Waals surface area contributed by atoms with Crippen LogP contribution in [0, 0.1) is 12.7 Å². The first-order valence-corrected chi connectivity index (χ1v) is 7.32. The van der Waals surface area contributed by atoms with E-state index in [-0.39, 0.29) is 16.1 Å². The van der Waals surface area contributed by atoms with Gasteiger partial charge in [-0.3, -0.25) is 4.79 Å². The van der Waals surface area contributed by atoms with Gasteiger partial charge in [0.15, 0.2) is 0 Å². The van der Waals surface area contributed by atoms with Crippen molar-refractivity contribution in [1.82, 2.24) is 4.37 Å². The molecule has 2 aromatic rings. The fraction of sp³-hybridized carbons (Fsp3) is 0.154. The molecule has 0 aliphatic carbocycles. The van der Waals surface area contributed by atoms with Crippen LogP contribution in [0.1, 0.15) is 26.4 Å². The van der Waals surface area contributed by atoms with Crippen molar-refractivity contribution in [2.24, 2.45) is 0 Å². The van der Waals surface area contributed by atoms with Gasteiger partial charge in [0.25, 0.3) is 5.91 Å².